The van der Waals surface area contributed by atoms with E-state index in [9.17, 15) is 4.79 Å². The first-order valence-corrected chi connectivity index (χ1v) is 7.98. The molecule has 0 spiro atoms. The molecule has 0 fully saturated rings. The number of carbonyl (C=O) groups is 1. The maximum absolute atomic E-state index is 12.3. The molecule has 2 aromatic rings. The zero-order chi connectivity index (χ0) is 17.6. The Balaban J connectivity index is 1.56. The summed E-state index contributed by atoms with van der Waals surface area (Å²) in [6.45, 7) is 0.375. The summed E-state index contributed by atoms with van der Waals surface area (Å²) in [5.41, 5.74) is 2.66. The van der Waals surface area contributed by atoms with E-state index in [1.807, 2.05) is 48.5 Å². The van der Waals surface area contributed by atoms with E-state index in [4.69, 9.17) is 14.3 Å². The SMILES string of the molecule is COc1ccc(CNC(=O)C2CC(c3ccccc3)=NO2)cc1OC. The molecule has 130 valence electrons. The molecule has 1 aliphatic heterocycles. The highest BCUT2D eigenvalue weighted by Gasteiger charge is 2.28. The summed E-state index contributed by atoms with van der Waals surface area (Å²) in [4.78, 5) is 17.6. The van der Waals surface area contributed by atoms with Crippen LogP contribution in [-0.4, -0.2) is 31.9 Å². The van der Waals surface area contributed by atoms with E-state index in [0.717, 1.165) is 16.8 Å². The van der Waals surface area contributed by atoms with Gasteiger partial charge in [0.05, 0.1) is 19.9 Å². The lowest BCUT2D eigenvalue weighted by atomic mass is 10.0. The first-order valence-electron chi connectivity index (χ1n) is 7.98. The molecule has 1 aliphatic rings. The molecule has 1 atom stereocenters. The van der Waals surface area contributed by atoms with Crippen molar-refractivity contribution in [3.8, 4) is 11.5 Å². The minimum atomic E-state index is -0.602. The average molecular weight is 340 g/mol. The van der Waals surface area contributed by atoms with E-state index in [2.05, 4.69) is 10.5 Å². The molecule has 25 heavy (non-hydrogen) atoms. The van der Waals surface area contributed by atoms with Crippen molar-refractivity contribution in [2.75, 3.05) is 14.2 Å². The molecular weight excluding hydrogens is 320 g/mol. The molecule has 0 saturated carbocycles. The van der Waals surface area contributed by atoms with Crippen molar-refractivity contribution in [3.63, 3.8) is 0 Å². The van der Waals surface area contributed by atoms with Crippen LogP contribution < -0.4 is 14.8 Å². The monoisotopic (exact) mass is 340 g/mol. The number of rotatable bonds is 6. The Bertz CT molecular complexity index is 774. The molecule has 1 N–H and O–H groups in total. The van der Waals surface area contributed by atoms with Gasteiger partial charge in [-0.05, 0) is 23.3 Å². The lowest BCUT2D eigenvalue weighted by Crippen LogP contribution is -2.34. The third-order valence-corrected chi connectivity index (χ3v) is 3.98. The van der Waals surface area contributed by atoms with Gasteiger partial charge in [-0.1, -0.05) is 41.6 Å². The molecule has 1 unspecified atom stereocenters. The van der Waals surface area contributed by atoms with E-state index < -0.39 is 6.10 Å². The molecular formula is C19H20N2O4. The van der Waals surface area contributed by atoms with Gasteiger partial charge in [0, 0.05) is 13.0 Å². The molecule has 0 bridgehead atoms. The molecule has 0 saturated heterocycles. The normalized spacial score (nSPS) is 15.9. The average Bonchev–Trinajstić information content (AvgIpc) is 3.17. The fourth-order valence-electron chi connectivity index (χ4n) is 2.61. The van der Waals surface area contributed by atoms with E-state index in [0.29, 0.717) is 24.5 Å². The van der Waals surface area contributed by atoms with Crippen molar-refractivity contribution in [2.24, 2.45) is 5.16 Å². The highest BCUT2D eigenvalue weighted by atomic mass is 16.6. The van der Waals surface area contributed by atoms with Crippen LogP contribution in [-0.2, 0) is 16.2 Å². The van der Waals surface area contributed by atoms with Crippen molar-refractivity contribution in [1.82, 2.24) is 5.32 Å². The van der Waals surface area contributed by atoms with Crippen molar-refractivity contribution in [3.05, 3.63) is 59.7 Å². The van der Waals surface area contributed by atoms with E-state index in [-0.39, 0.29) is 5.91 Å². The summed E-state index contributed by atoms with van der Waals surface area (Å²) >= 11 is 0. The van der Waals surface area contributed by atoms with Crippen LogP contribution in [0.4, 0.5) is 0 Å². The predicted octanol–water partition coefficient (Wildman–Crippen LogP) is 2.51. The molecule has 6 heteroatoms. The molecule has 2 aromatic carbocycles. The lowest BCUT2D eigenvalue weighted by molar-refractivity contribution is -0.131. The van der Waals surface area contributed by atoms with Gasteiger partial charge in [-0.25, -0.2) is 0 Å². The highest BCUT2D eigenvalue weighted by Crippen LogP contribution is 2.27. The van der Waals surface area contributed by atoms with E-state index in [1.165, 1.54) is 0 Å². The molecule has 1 heterocycles. The molecule has 0 radical (unpaired) electrons. The summed E-state index contributed by atoms with van der Waals surface area (Å²) in [5, 5.41) is 6.90. The number of hydrogen-bond donors (Lipinski definition) is 1. The fourth-order valence-corrected chi connectivity index (χ4v) is 2.61. The zero-order valence-corrected chi connectivity index (χ0v) is 14.2. The van der Waals surface area contributed by atoms with Crippen molar-refractivity contribution in [2.45, 2.75) is 19.1 Å². The third-order valence-electron chi connectivity index (χ3n) is 3.98. The Morgan fingerprint density at radius 1 is 1.16 bits per heavy atom. The van der Waals surface area contributed by atoms with Gasteiger partial charge in [-0.3, -0.25) is 4.79 Å². The number of benzene rings is 2. The maximum atomic E-state index is 12.3. The number of nitrogens with zero attached hydrogens (tertiary/aromatic N) is 1. The minimum Gasteiger partial charge on any atom is -0.493 e. The van der Waals surface area contributed by atoms with Crippen LogP contribution in [0.1, 0.15) is 17.5 Å². The second-order valence-corrected chi connectivity index (χ2v) is 5.61. The Morgan fingerprint density at radius 2 is 1.92 bits per heavy atom. The molecule has 3 rings (SSSR count). The van der Waals surface area contributed by atoms with Crippen molar-refractivity contribution < 1.29 is 19.1 Å². The van der Waals surface area contributed by atoms with Crippen LogP contribution >= 0.6 is 0 Å². The number of amides is 1. The van der Waals surface area contributed by atoms with Gasteiger partial charge in [0.25, 0.3) is 5.91 Å². The number of oxime groups is 1. The Morgan fingerprint density at radius 3 is 2.64 bits per heavy atom. The van der Waals surface area contributed by atoms with Gasteiger partial charge in [0.1, 0.15) is 0 Å². The predicted molar refractivity (Wildman–Crippen MR) is 93.9 cm³/mol. The molecule has 0 aliphatic carbocycles. The first-order chi connectivity index (χ1) is 12.2. The number of ether oxygens (including phenoxy) is 2. The summed E-state index contributed by atoms with van der Waals surface area (Å²) in [7, 11) is 3.16. The Kier molecular flexibility index (Phi) is 5.18. The van der Waals surface area contributed by atoms with Gasteiger partial charge < -0.3 is 19.6 Å². The quantitative estimate of drug-likeness (QED) is 0.877. The maximum Gasteiger partial charge on any atom is 0.264 e. The lowest BCUT2D eigenvalue weighted by Gasteiger charge is -2.12. The van der Waals surface area contributed by atoms with Gasteiger partial charge in [0.2, 0.25) is 6.10 Å². The van der Waals surface area contributed by atoms with Gasteiger partial charge >= 0.3 is 0 Å². The van der Waals surface area contributed by atoms with Crippen LogP contribution in [0.2, 0.25) is 0 Å². The third kappa shape index (κ3) is 3.91. The zero-order valence-electron chi connectivity index (χ0n) is 14.2. The number of carbonyl (C=O) groups excluding carboxylic acids is 1. The van der Waals surface area contributed by atoms with Crippen LogP contribution in [0.25, 0.3) is 0 Å². The smallest absolute Gasteiger partial charge is 0.264 e. The Labute approximate surface area is 146 Å². The molecule has 1 amide bonds. The van der Waals surface area contributed by atoms with Crippen LogP contribution in [0, 0.1) is 0 Å². The van der Waals surface area contributed by atoms with Gasteiger partial charge in [-0.15, -0.1) is 0 Å². The first kappa shape index (κ1) is 16.8. The van der Waals surface area contributed by atoms with E-state index >= 15 is 0 Å². The van der Waals surface area contributed by atoms with Crippen LogP contribution in [0.3, 0.4) is 0 Å². The summed E-state index contributed by atoms with van der Waals surface area (Å²) in [6, 6.07) is 15.2. The largest absolute Gasteiger partial charge is 0.493 e. The number of methoxy groups -OCH3 is 2. The molecule has 0 aromatic heterocycles. The van der Waals surface area contributed by atoms with Crippen molar-refractivity contribution >= 4 is 11.6 Å². The summed E-state index contributed by atoms with van der Waals surface area (Å²) < 4.78 is 10.5. The second-order valence-electron chi connectivity index (χ2n) is 5.61. The highest BCUT2D eigenvalue weighted by molar-refractivity contribution is 6.04. The summed E-state index contributed by atoms with van der Waals surface area (Å²) in [5.74, 6) is 1.09. The standard InChI is InChI=1S/C19H20N2O4/c1-23-16-9-8-13(10-17(16)24-2)12-20-19(22)18-11-15(21-25-18)14-6-4-3-5-7-14/h3-10,18H,11-12H2,1-2H3,(H,20,22). The van der Waals surface area contributed by atoms with Crippen LogP contribution in [0.5, 0.6) is 11.5 Å². The number of hydrogen-bond acceptors (Lipinski definition) is 5. The number of nitrogens with one attached hydrogen (secondary N) is 1. The van der Waals surface area contributed by atoms with Gasteiger partial charge in [0.15, 0.2) is 11.5 Å². The summed E-state index contributed by atoms with van der Waals surface area (Å²) in [6.07, 6.45) is -0.141. The van der Waals surface area contributed by atoms with Gasteiger partial charge in [-0.2, -0.15) is 0 Å². The fraction of sp³-hybridized carbons (Fsp3) is 0.263. The Hall–Kier alpha value is -3.02. The van der Waals surface area contributed by atoms with E-state index in [1.54, 1.807) is 14.2 Å². The molecule has 6 nitrogen and oxygen atoms in total. The van der Waals surface area contributed by atoms with Crippen LogP contribution in [0.15, 0.2) is 53.7 Å². The van der Waals surface area contributed by atoms with Crippen molar-refractivity contribution in [1.29, 1.82) is 0 Å². The second kappa shape index (κ2) is 7.70. The topological polar surface area (TPSA) is 69.2 Å². The minimum absolute atomic E-state index is 0.190.